The van der Waals surface area contributed by atoms with Crippen molar-refractivity contribution in [2.45, 2.75) is 39.2 Å². The van der Waals surface area contributed by atoms with Gasteiger partial charge in [-0.1, -0.05) is 6.42 Å². The normalized spacial score (nSPS) is 24.7. The summed E-state index contributed by atoms with van der Waals surface area (Å²) >= 11 is 0. The van der Waals surface area contributed by atoms with Crippen molar-refractivity contribution in [3.05, 3.63) is 11.3 Å². The number of nitrogens with zero attached hydrogens (tertiary/aromatic N) is 1. The monoisotopic (exact) mass is 222 g/mol. The molecule has 5 heteroatoms. The lowest BCUT2D eigenvalue weighted by atomic mass is 10.0. The fourth-order valence-corrected chi connectivity index (χ4v) is 2.13. The standard InChI is InChI=1S/C11H18N4O/c1-6-7(2)14-15-10(6)13-11(16)8-4-3-5-9(8)12/h8-9H,3-5,12H2,1-2H3,(H2,13,14,15,16). The first kappa shape index (κ1) is 11.1. The third kappa shape index (κ3) is 1.95. The van der Waals surface area contributed by atoms with E-state index in [2.05, 4.69) is 15.5 Å². The number of aromatic amines is 1. The lowest BCUT2D eigenvalue weighted by molar-refractivity contribution is -0.120. The number of hydrogen-bond acceptors (Lipinski definition) is 3. The van der Waals surface area contributed by atoms with E-state index in [0.29, 0.717) is 5.82 Å². The van der Waals surface area contributed by atoms with Crippen LogP contribution in [-0.2, 0) is 4.79 Å². The zero-order chi connectivity index (χ0) is 11.7. The van der Waals surface area contributed by atoms with Gasteiger partial charge in [-0.25, -0.2) is 0 Å². The molecule has 0 radical (unpaired) electrons. The minimum absolute atomic E-state index is 0.000319. The number of nitrogens with one attached hydrogen (secondary N) is 2. The summed E-state index contributed by atoms with van der Waals surface area (Å²) in [7, 11) is 0. The van der Waals surface area contributed by atoms with Crippen LogP contribution in [0.3, 0.4) is 0 Å². The molecule has 1 amide bonds. The second kappa shape index (κ2) is 4.25. The lowest BCUT2D eigenvalue weighted by Gasteiger charge is -2.14. The number of aryl methyl sites for hydroxylation is 1. The zero-order valence-corrected chi connectivity index (χ0v) is 9.71. The fraction of sp³-hybridized carbons (Fsp3) is 0.636. The molecule has 1 saturated carbocycles. The molecule has 5 nitrogen and oxygen atoms in total. The summed E-state index contributed by atoms with van der Waals surface area (Å²) in [5, 5.41) is 9.74. The molecule has 16 heavy (non-hydrogen) atoms. The maximum Gasteiger partial charge on any atom is 0.230 e. The Kier molecular flexibility index (Phi) is 2.96. The highest BCUT2D eigenvalue weighted by Gasteiger charge is 2.30. The summed E-state index contributed by atoms with van der Waals surface area (Å²) in [6, 6.07) is 0.000319. The Morgan fingerprint density at radius 2 is 2.25 bits per heavy atom. The highest BCUT2D eigenvalue weighted by Crippen LogP contribution is 2.25. The summed E-state index contributed by atoms with van der Waals surface area (Å²) in [6.45, 7) is 3.86. The quantitative estimate of drug-likeness (QED) is 0.700. The summed E-state index contributed by atoms with van der Waals surface area (Å²) in [5.74, 6) is 0.567. The Balaban J connectivity index is 2.05. The molecule has 1 fully saturated rings. The Morgan fingerprint density at radius 1 is 1.50 bits per heavy atom. The number of carbonyl (C=O) groups is 1. The van der Waals surface area contributed by atoms with Crippen LogP contribution in [-0.4, -0.2) is 22.1 Å². The summed E-state index contributed by atoms with van der Waals surface area (Å²) in [4.78, 5) is 11.9. The summed E-state index contributed by atoms with van der Waals surface area (Å²) < 4.78 is 0. The van der Waals surface area contributed by atoms with Crippen molar-refractivity contribution < 1.29 is 4.79 Å². The first-order chi connectivity index (χ1) is 7.59. The predicted molar refractivity (Wildman–Crippen MR) is 62.0 cm³/mol. The Hall–Kier alpha value is -1.36. The van der Waals surface area contributed by atoms with Gasteiger partial charge in [-0.05, 0) is 26.7 Å². The van der Waals surface area contributed by atoms with Gasteiger partial charge in [-0.15, -0.1) is 0 Å². The number of hydrogen-bond donors (Lipinski definition) is 3. The van der Waals surface area contributed by atoms with Crippen LogP contribution in [0.4, 0.5) is 5.82 Å². The maximum absolute atomic E-state index is 11.9. The molecule has 1 aliphatic carbocycles. The molecular weight excluding hydrogens is 204 g/mol. The van der Waals surface area contributed by atoms with Crippen LogP contribution >= 0.6 is 0 Å². The molecule has 0 saturated heterocycles. The number of aromatic nitrogens is 2. The largest absolute Gasteiger partial charge is 0.327 e. The predicted octanol–water partition coefficient (Wildman–Crippen LogP) is 1.09. The third-order valence-corrected chi connectivity index (χ3v) is 3.40. The molecule has 2 rings (SSSR count). The zero-order valence-electron chi connectivity index (χ0n) is 9.71. The van der Waals surface area contributed by atoms with Crippen LogP contribution in [0.2, 0.25) is 0 Å². The number of rotatable bonds is 2. The van der Waals surface area contributed by atoms with Gasteiger partial charge >= 0.3 is 0 Å². The molecular formula is C11H18N4O. The first-order valence-electron chi connectivity index (χ1n) is 5.67. The Bertz CT molecular complexity index is 399. The number of amides is 1. The van der Waals surface area contributed by atoms with E-state index >= 15 is 0 Å². The molecule has 0 aromatic carbocycles. The van der Waals surface area contributed by atoms with Crippen molar-refractivity contribution in [2.24, 2.45) is 11.7 Å². The van der Waals surface area contributed by atoms with E-state index in [9.17, 15) is 4.79 Å². The number of nitrogens with two attached hydrogens (primary N) is 1. The Labute approximate surface area is 94.8 Å². The van der Waals surface area contributed by atoms with E-state index in [1.54, 1.807) is 0 Å². The smallest absolute Gasteiger partial charge is 0.230 e. The average molecular weight is 222 g/mol. The van der Waals surface area contributed by atoms with Crippen LogP contribution in [0.1, 0.15) is 30.5 Å². The van der Waals surface area contributed by atoms with Gasteiger partial charge in [0.05, 0.1) is 5.92 Å². The van der Waals surface area contributed by atoms with E-state index in [-0.39, 0.29) is 17.9 Å². The van der Waals surface area contributed by atoms with Crippen LogP contribution in [0.25, 0.3) is 0 Å². The van der Waals surface area contributed by atoms with E-state index in [1.807, 2.05) is 13.8 Å². The average Bonchev–Trinajstić information content (AvgIpc) is 2.79. The molecule has 4 N–H and O–H groups in total. The van der Waals surface area contributed by atoms with Gasteiger partial charge < -0.3 is 11.1 Å². The molecule has 2 atom stereocenters. The fourth-order valence-electron chi connectivity index (χ4n) is 2.13. The van der Waals surface area contributed by atoms with Crippen LogP contribution in [0.5, 0.6) is 0 Å². The van der Waals surface area contributed by atoms with Crippen LogP contribution < -0.4 is 11.1 Å². The van der Waals surface area contributed by atoms with Crippen molar-refractivity contribution in [3.8, 4) is 0 Å². The molecule has 1 aliphatic rings. The molecule has 0 spiro atoms. The van der Waals surface area contributed by atoms with E-state index in [1.165, 1.54) is 0 Å². The van der Waals surface area contributed by atoms with E-state index in [0.717, 1.165) is 30.5 Å². The van der Waals surface area contributed by atoms with Gasteiger partial charge in [0.2, 0.25) is 5.91 Å². The van der Waals surface area contributed by atoms with E-state index in [4.69, 9.17) is 5.73 Å². The SMILES string of the molecule is Cc1[nH]nc(NC(=O)C2CCCC2N)c1C. The molecule has 1 aromatic heterocycles. The second-order valence-electron chi connectivity index (χ2n) is 4.51. The van der Waals surface area contributed by atoms with Gasteiger partial charge in [0.25, 0.3) is 0 Å². The first-order valence-corrected chi connectivity index (χ1v) is 5.67. The molecule has 1 aromatic rings. The van der Waals surface area contributed by atoms with Crippen molar-refractivity contribution in [3.63, 3.8) is 0 Å². The summed E-state index contributed by atoms with van der Waals surface area (Å²) in [6.07, 6.45) is 2.87. The number of anilines is 1. The van der Waals surface area contributed by atoms with Gasteiger partial charge in [-0.2, -0.15) is 5.10 Å². The minimum Gasteiger partial charge on any atom is -0.327 e. The minimum atomic E-state index is -0.0589. The maximum atomic E-state index is 11.9. The molecule has 88 valence electrons. The van der Waals surface area contributed by atoms with Crippen molar-refractivity contribution in [1.82, 2.24) is 10.2 Å². The lowest BCUT2D eigenvalue weighted by Crippen LogP contribution is -2.34. The van der Waals surface area contributed by atoms with E-state index < -0.39 is 0 Å². The molecule has 1 heterocycles. The van der Waals surface area contributed by atoms with Gasteiger partial charge in [0.1, 0.15) is 0 Å². The van der Waals surface area contributed by atoms with Gasteiger partial charge in [0, 0.05) is 17.3 Å². The molecule has 0 aliphatic heterocycles. The summed E-state index contributed by atoms with van der Waals surface area (Å²) in [5.41, 5.74) is 7.85. The van der Waals surface area contributed by atoms with Crippen molar-refractivity contribution >= 4 is 11.7 Å². The van der Waals surface area contributed by atoms with Crippen LogP contribution in [0.15, 0.2) is 0 Å². The topological polar surface area (TPSA) is 83.8 Å². The van der Waals surface area contributed by atoms with Gasteiger partial charge in [0.15, 0.2) is 5.82 Å². The van der Waals surface area contributed by atoms with Crippen molar-refractivity contribution in [2.75, 3.05) is 5.32 Å². The highest BCUT2D eigenvalue weighted by molar-refractivity contribution is 5.93. The van der Waals surface area contributed by atoms with Gasteiger partial charge in [-0.3, -0.25) is 9.89 Å². The molecule has 0 bridgehead atoms. The molecule has 2 unspecified atom stereocenters. The van der Waals surface area contributed by atoms with Crippen LogP contribution in [0, 0.1) is 19.8 Å². The number of carbonyl (C=O) groups excluding carboxylic acids is 1. The second-order valence-corrected chi connectivity index (χ2v) is 4.51. The Morgan fingerprint density at radius 3 is 2.75 bits per heavy atom. The van der Waals surface area contributed by atoms with Crippen molar-refractivity contribution in [1.29, 1.82) is 0 Å². The highest BCUT2D eigenvalue weighted by atomic mass is 16.2. The third-order valence-electron chi connectivity index (χ3n) is 3.40. The number of H-pyrrole nitrogens is 1.